The van der Waals surface area contributed by atoms with Crippen LogP contribution in [0.3, 0.4) is 0 Å². The molecule has 5 nitrogen and oxygen atoms in total. The Morgan fingerprint density at radius 3 is 2.69 bits per heavy atom. The molecule has 0 heterocycles. The fourth-order valence-corrected chi connectivity index (χ4v) is 8.96. The number of ether oxygens (including phenoxy) is 1. The van der Waals surface area contributed by atoms with Crippen molar-refractivity contribution in [3.8, 4) is 0 Å². The maximum atomic E-state index is 12.3. The predicted octanol–water partition coefficient (Wildman–Crippen LogP) is 7.63. The number of amides is 1. The van der Waals surface area contributed by atoms with Gasteiger partial charge in [-0.3, -0.25) is 0 Å². The van der Waals surface area contributed by atoms with Crippen molar-refractivity contribution >= 4 is 29.1 Å². The van der Waals surface area contributed by atoms with Crippen LogP contribution < -0.4 is 5.32 Å². The summed E-state index contributed by atoms with van der Waals surface area (Å²) in [4.78, 5) is 12.3. The third kappa shape index (κ3) is 4.92. The largest absolute Gasteiger partial charge is 0.442 e. The Labute approximate surface area is 226 Å². The molecule has 0 radical (unpaired) electrons. The van der Waals surface area contributed by atoms with Gasteiger partial charge < -0.3 is 18.2 Å². The number of rotatable bonds is 8. The Hall–Kier alpha value is -0.760. The minimum atomic E-state index is -0.611. The molecule has 3 saturated carbocycles. The Morgan fingerprint density at radius 1 is 1.14 bits per heavy atom. The summed E-state index contributed by atoms with van der Waals surface area (Å²) < 4.78 is 11.1. The molecule has 0 aromatic rings. The third-order valence-electron chi connectivity index (χ3n) is 10.6. The van der Waals surface area contributed by atoms with E-state index in [0.29, 0.717) is 24.3 Å². The number of hydrogen-bond acceptors (Lipinski definition) is 4. The van der Waals surface area contributed by atoms with Gasteiger partial charge >= 0.3 is 6.09 Å². The van der Waals surface area contributed by atoms with Crippen LogP contribution in [0, 0.1) is 28.6 Å². The molecule has 2 unspecified atom stereocenters. The minimum Gasteiger partial charge on any atom is -0.442 e. The average molecular weight is 600 g/mol. The first kappa shape index (κ1) is 27.3. The summed E-state index contributed by atoms with van der Waals surface area (Å²) in [6, 6.07) is 0. The summed E-state index contributed by atoms with van der Waals surface area (Å²) in [6.45, 7) is 9.81. The molecular formula is C29H46INO4. The summed E-state index contributed by atoms with van der Waals surface area (Å²) in [5, 5.41) is 15.2. The molecule has 7 atom stereocenters. The van der Waals surface area contributed by atoms with E-state index < -0.39 is 5.60 Å². The summed E-state index contributed by atoms with van der Waals surface area (Å²) >= 11 is 1.94. The van der Waals surface area contributed by atoms with Crippen LogP contribution in [0.2, 0.25) is 0 Å². The molecule has 4 aliphatic carbocycles. The Kier molecular flexibility index (Phi) is 8.51. The smallest absolute Gasteiger partial charge is 0.407 e. The van der Waals surface area contributed by atoms with Crippen LogP contribution >= 0.6 is 23.0 Å². The van der Waals surface area contributed by atoms with Crippen LogP contribution in [0.5, 0.6) is 0 Å². The monoisotopic (exact) mass is 599 g/mol. The van der Waals surface area contributed by atoms with E-state index in [9.17, 15) is 9.90 Å². The first-order valence-electron chi connectivity index (χ1n) is 14.0. The molecule has 4 aliphatic rings. The van der Waals surface area contributed by atoms with Crippen molar-refractivity contribution in [3.05, 3.63) is 23.5 Å². The fourth-order valence-electron chi connectivity index (χ4n) is 8.56. The van der Waals surface area contributed by atoms with Crippen molar-refractivity contribution in [3.63, 3.8) is 0 Å². The van der Waals surface area contributed by atoms with Gasteiger partial charge in [0.1, 0.15) is 6.10 Å². The second kappa shape index (κ2) is 10.9. The number of aliphatic hydroxyl groups is 1. The lowest BCUT2D eigenvalue weighted by molar-refractivity contribution is -0.181. The van der Waals surface area contributed by atoms with E-state index in [4.69, 9.17) is 7.80 Å². The van der Waals surface area contributed by atoms with E-state index >= 15 is 0 Å². The van der Waals surface area contributed by atoms with Crippen LogP contribution in [-0.2, 0) is 7.80 Å². The molecular weight excluding hydrogens is 553 g/mol. The van der Waals surface area contributed by atoms with Crippen LogP contribution in [-0.4, -0.2) is 29.4 Å². The van der Waals surface area contributed by atoms with Gasteiger partial charge in [-0.1, -0.05) is 45.6 Å². The van der Waals surface area contributed by atoms with Gasteiger partial charge in [-0.15, -0.1) is 0 Å². The van der Waals surface area contributed by atoms with E-state index in [2.05, 4.69) is 39.1 Å². The number of alkyl carbamates (subject to hydrolysis) is 1. The van der Waals surface area contributed by atoms with Crippen molar-refractivity contribution < 1.29 is 17.7 Å². The highest BCUT2D eigenvalue weighted by Gasteiger charge is 2.66. The van der Waals surface area contributed by atoms with Crippen LogP contribution in [0.1, 0.15) is 105 Å². The van der Waals surface area contributed by atoms with Crippen molar-refractivity contribution in [2.45, 2.75) is 116 Å². The molecule has 35 heavy (non-hydrogen) atoms. The van der Waals surface area contributed by atoms with E-state index in [1.807, 2.05) is 29.3 Å². The Balaban J connectivity index is 1.43. The van der Waals surface area contributed by atoms with Gasteiger partial charge in [-0.05, 0) is 99.5 Å². The van der Waals surface area contributed by atoms with Gasteiger partial charge in [0.2, 0.25) is 0 Å². The SMILES string of the molecule is CCCCCCNC(=O)O[C@@H]1C=C2CCC3C(CC[C@]4(C)[C@@H](/C(C)=C/OI)CC[C@]34O)[C@@]2(C)CC1. The van der Waals surface area contributed by atoms with Crippen LogP contribution in [0.4, 0.5) is 4.79 Å². The standard InChI is InChI=1S/C29H46INO4/c1-5-6-7-8-17-31-26(32)35-22-11-14-27(3)21(18-22)9-10-25-24(27)12-15-28(4)23(20(2)19-34-30)13-16-29(25,28)33/h18-19,22-25,33H,5-17H2,1-4H3,(H,31,32)/b20-19+/t22-,23+,24?,25?,27-,28+,29-/m0/s1. The van der Waals surface area contributed by atoms with Gasteiger partial charge in [0.15, 0.2) is 23.0 Å². The first-order chi connectivity index (χ1) is 16.7. The second-order valence-corrected chi connectivity index (χ2v) is 12.8. The van der Waals surface area contributed by atoms with Gasteiger partial charge in [-0.2, -0.15) is 0 Å². The summed E-state index contributed by atoms with van der Waals surface area (Å²) in [5.74, 6) is 1.22. The lowest BCUT2D eigenvalue weighted by atomic mass is 9.45. The zero-order valence-corrected chi connectivity index (χ0v) is 24.4. The number of fused-ring (bicyclic) bond motifs is 5. The maximum Gasteiger partial charge on any atom is 0.407 e. The van der Waals surface area contributed by atoms with Gasteiger partial charge in [-0.25, -0.2) is 4.79 Å². The molecule has 2 N–H and O–H groups in total. The lowest BCUT2D eigenvalue weighted by Crippen LogP contribution is -2.60. The second-order valence-electron chi connectivity index (χ2n) is 12.3. The third-order valence-corrected chi connectivity index (χ3v) is 10.9. The summed E-state index contributed by atoms with van der Waals surface area (Å²) in [5.41, 5.74) is 2.13. The van der Waals surface area contributed by atoms with E-state index in [1.54, 1.807) is 0 Å². The molecule has 0 aromatic carbocycles. The lowest BCUT2D eigenvalue weighted by Gasteiger charge is -2.62. The summed E-state index contributed by atoms with van der Waals surface area (Å²) in [6.07, 6.45) is 16.4. The number of unbranched alkanes of at least 4 members (excludes halogenated alkanes) is 3. The van der Waals surface area contributed by atoms with E-state index in [-0.39, 0.29) is 23.0 Å². The quantitative estimate of drug-likeness (QED) is 0.130. The molecule has 0 spiro atoms. The minimum absolute atomic E-state index is 0.0863. The van der Waals surface area contributed by atoms with E-state index in [1.165, 1.54) is 24.0 Å². The Morgan fingerprint density at radius 2 is 1.94 bits per heavy atom. The zero-order chi connectivity index (χ0) is 25.3. The number of allylic oxidation sites excluding steroid dienone is 2. The van der Waals surface area contributed by atoms with Crippen molar-refractivity contribution in [1.82, 2.24) is 5.32 Å². The van der Waals surface area contributed by atoms with Crippen LogP contribution in [0.25, 0.3) is 0 Å². The fraction of sp³-hybridized carbons (Fsp3) is 0.828. The number of carbonyl (C=O) groups excluding carboxylic acids is 1. The van der Waals surface area contributed by atoms with Gasteiger partial charge in [0.05, 0.1) is 11.9 Å². The first-order valence-corrected chi connectivity index (χ1v) is 14.9. The molecule has 0 bridgehead atoms. The Bertz CT molecular complexity index is 843. The number of hydrogen-bond donors (Lipinski definition) is 2. The number of carbonyl (C=O) groups is 1. The molecule has 1 amide bonds. The molecule has 0 aromatic heterocycles. The highest BCUT2D eigenvalue weighted by Crippen LogP contribution is 2.69. The van der Waals surface area contributed by atoms with Crippen LogP contribution in [0.15, 0.2) is 23.5 Å². The highest BCUT2D eigenvalue weighted by molar-refractivity contribution is 14.1. The van der Waals surface area contributed by atoms with Gasteiger partial charge in [0.25, 0.3) is 0 Å². The molecule has 6 heteroatoms. The zero-order valence-electron chi connectivity index (χ0n) is 22.2. The topological polar surface area (TPSA) is 67.8 Å². The normalized spacial score (nSPS) is 40.7. The maximum absolute atomic E-state index is 12.3. The molecule has 4 rings (SSSR count). The highest BCUT2D eigenvalue weighted by atomic mass is 127. The molecule has 3 fully saturated rings. The molecule has 0 aliphatic heterocycles. The van der Waals surface area contributed by atoms with Crippen molar-refractivity contribution in [1.29, 1.82) is 0 Å². The summed E-state index contributed by atoms with van der Waals surface area (Å²) in [7, 11) is 0. The van der Waals surface area contributed by atoms with E-state index in [0.717, 1.165) is 64.2 Å². The van der Waals surface area contributed by atoms with Crippen molar-refractivity contribution in [2.24, 2.45) is 28.6 Å². The van der Waals surface area contributed by atoms with Crippen molar-refractivity contribution in [2.75, 3.05) is 6.54 Å². The van der Waals surface area contributed by atoms with Gasteiger partial charge in [0, 0.05) is 12.0 Å². The average Bonchev–Trinajstić information content (AvgIpc) is 3.10. The molecule has 0 saturated heterocycles. The molecule has 198 valence electrons. The predicted molar refractivity (Wildman–Crippen MR) is 148 cm³/mol. The number of nitrogens with one attached hydrogen (secondary N) is 1. The number of halogens is 1.